The van der Waals surface area contributed by atoms with E-state index in [1.807, 2.05) is 4.52 Å². The summed E-state index contributed by atoms with van der Waals surface area (Å²) in [4.78, 5) is 3.37. The zero-order valence-corrected chi connectivity index (χ0v) is 11.4. The highest BCUT2D eigenvalue weighted by atomic mass is 32.1. The lowest BCUT2D eigenvalue weighted by atomic mass is 10.4. The Balaban J connectivity index is 1.75. The molecule has 0 spiro atoms. The third kappa shape index (κ3) is 2.38. The van der Waals surface area contributed by atoms with Gasteiger partial charge in [-0.1, -0.05) is 18.3 Å². The molecule has 1 saturated heterocycles. The molecule has 0 radical (unpaired) electrons. The number of aromatic nitrogens is 4. The van der Waals surface area contributed by atoms with Crippen LogP contribution in [0.3, 0.4) is 0 Å². The van der Waals surface area contributed by atoms with Crippen LogP contribution in [0.25, 0.3) is 4.96 Å². The van der Waals surface area contributed by atoms with Gasteiger partial charge in [0, 0.05) is 19.5 Å². The first kappa shape index (κ1) is 12.0. The molecular weight excluding hydrogens is 248 g/mol. The number of fused-ring (bicyclic) bond motifs is 1. The zero-order chi connectivity index (χ0) is 12.4. The van der Waals surface area contributed by atoms with Crippen LogP contribution >= 0.6 is 11.3 Å². The Morgan fingerprint density at radius 1 is 1.28 bits per heavy atom. The lowest BCUT2D eigenvalue weighted by Gasteiger charge is -2.16. The number of nitrogens with one attached hydrogen (secondary N) is 1. The number of hydrogen-bond acceptors (Lipinski definition) is 6. The predicted octanol–water partition coefficient (Wildman–Crippen LogP) is 0.543. The average molecular weight is 266 g/mol. The van der Waals surface area contributed by atoms with Gasteiger partial charge in [0.2, 0.25) is 4.96 Å². The maximum Gasteiger partial charge on any atom is 0.234 e. The SMILES string of the molecule is CCc1nnc2sc(CN3CCCNCC3)nn12. The molecule has 1 aliphatic rings. The Bertz CT molecular complexity index is 511. The third-order valence-corrected chi connectivity index (χ3v) is 4.09. The van der Waals surface area contributed by atoms with E-state index in [-0.39, 0.29) is 0 Å². The standard InChI is InChI=1S/C11H18N6S/c1-2-9-13-14-11-17(9)15-10(18-11)8-16-6-3-4-12-5-7-16/h12H,2-8H2,1H3. The molecule has 0 aromatic carbocycles. The van der Waals surface area contributed by atoms with Gasteiger partial charge in [-0.2, -0.15) is 9.61 Å². The van der Waals surface area contributed by atoms with Gasteiger partial charge < -0.3 is 5.32 Å². The first-order valence-corrected chi connectivity index (χ1v) is 7.31. The monoisotopic (exact) mass is 266 g/mol. The van der Waals surface area contributed by atoms with E-state index in [4.69, 9.17) is 0 Å². The fraction of sp³-hybridized carbons (Fsp3) is 0.727. The van der Waals surface area contributed by atoms with Crippen molar-refractivity contribution in [2.24, 2.45) is 0 Å². The van der Waals surface area contributed by atoms with Gasteiger partial charge in [0.1, 0.15) is 5.01 Å². The van der Waals surface area contributed by atoms with E-state index in [1.54, 1.807) is 11.3 Å². The van der Waals surface area contributed by atoms with Crippen LogP contribution in [0.1, 0.15) is 24.2 Å². The predicted molar refractivity (Wildman–Crippen MR) is 70.8 cm³/mol. The van der Waals surface area contributed by atoms with Crippen molar-refractivity contribution in [3.8, 4) is 0 Å². The van der Waals surface area contributed by atoms with Gasteiger partial charge in [-0.3, -0.25) is 4.90 Å². The molecule has 1 aliphatic heterocycles. The highest BCUT2D eigenvalue weighted by Gasteiger charge is 2.14. The van der Waals surface area contributed by atoms with Gasteiger partial charge in [0.15, 0.2) is 5.82 Å². The Morgan fingerprint density at radius 2 is 2.22 bits per heavy atom. The Hall–Kier alpha value is -1.05. The molecule has 0 unspecified atom stereocenters. The summed E-state index contributed by atoms with van der Waals surface area (Å²) in [6, 6.07) is 0. The highest BCUT2D eigenvalue weighted by molar-refractivity contribution is 7.16. The van der Waals surface area contributed by atoms with Crippen molar-refractivity contribution >= 4 is 16.3 Å². The zero-order valence-electron chi connectivity index (χ0n) is 10.6. The molecule has 1 N–H and O–H groups in total. The Morgan fingerprint density at radius 3 is 3.11 bits per heavy atom. The maximum absolute atomic E-state index is 4.62. The first-order valence-electron chi connectivity index (χ1n) is 6.50. The lowest BCUT2D eigenvalue weighted by Crippen LogP contribution is -2.27. The summed E-state index contributed by atoms with van der Waals surface area (Å²) in [6.07, 6.45) is 2.09. The minimum atomic E-state index is 0.873. The summed E-state index contributed by atoms with van der Waals surface area (Å²) < 4.78 is 1.88. The van der Waals surface area contributed by atoms with Crippen LogP contribution in [0, 0.1) is 0 Å². The smallest absolute Gasteiger partial charge is 0.234 e. The minimum absolute atomic E-state index is 0.873. The molecule has 0 amide bonds. The van der Waals surface area contributed by atoms with E-state index in [0.717, 1.165) is 54.9 Å². The average Bonchev–Trinajstić information content (AvgIpc) is 2.81. The summed E-state index contributed by atoms with van der Waals surface area (Å²) in [5.74, 6) is 0.949. The van der Waals surface area contributed by atoms with Crippen LogP contribution in [0.5, 0.6) is 0 Å². The largest absolute Gasteiger partial charge is 0.315 e. The van der Waals surface area contributed by atoms with E-state index >= 15 is 0 Å². The van der Waals surface area contributed by atoms with Crippen LogP contribution in [0.4, 0.5) is 0 Å². The molecule has 0 saturated carbocycles. The van der Waals surface area contributed by atoms with Crippen molar-refractivity contribution in [3.05, 3.63) is 10.8 Å². The van der Waals surface area contributed by atoms with Gasteiger partial charge in [0.05, 0.1) is 6.54 Å². The minimum Gasteiger partial charge on any atom is -0.315 e. The fourth-order valence-electron chi connectivity index (χ4n) is 2.23. The second-order valence-electron chi connectivity index (χ2n) is 4.54. The van der Waals surface area contributed by atoms with Crippen molar-refractivity contribution in [1.82, 2.24) is 30.0 Å². The molecule has 0 aliphatic carbocycles. The normalized spacial score (nSPS) is 18.3. The van der Waals surface area contributed by atoms with Crippen LogP contribution in [-0.4, -0.2) is 50.9 Å². The number of hydrogen-bond donors (Lipinski definition) is 1. The van der Waals surface area contributed by atoms with E-state index in [2.05, 4.69) is 32.4 Å². The summed E-state index contributed by atoms with van der Waals surface area (Å²) in [7, 11) is 0. The topological polar surface area (TPSA) is 58.4 Å². The second-order valence-corrected chi connectivity index (χ2v) is 5.58. The number of nitrogens with zero attached hydrogens (tertiary/aromatic N) is 5. The van der Waals surface area contributed by atoms with E-state index in [9.17, 15) is 0 Å². The maximum atomic E-state index is 4.62. The van der Waals surface area contributed by atoms with Crippen molar-refractivity contribution in [3.63, 3.8) is 0 Å². The van der Waals surface area contributed by atoms with E-state index in [0.29, 0.717) is 0 Å². The summed E-state index contributed by atoms with van der Waals surface area (Å²) >= 11 is 1.65. The molecule has 7 heteroatoms. The molecule has 1 fully saturated rings. The number of rotatable bonds is 3. The van der Waals surface area contributed by atoms with Crippen LogP contribution < -0.4 is 5.32 Å². The lowest BCUT2D eigenvalue weighted by molar-refractivity contribution is 0.283. The van der Waals surface area contributed by atoms with Gasteiger partial charge in [-0.15, -0.1) is 10.2 Å². The Labute approximate surface area is 110 Å². The molecule has 3 heterocycles. The Kier molecular flexibility index (Phi) is 3.53. The first-order chi connectivity index (χ1) is 8.86. The van der Waals surface area contributed by atoms with Crippen molar-refractivity contribution in [2.75, 3.05) is 26.2 Å². The van der Waals surface area contributed by atoms with Crippen LogP contribution in [0.15, 0.2) is 0 Å². The van der Waals surface area contributed by atoms with Crippen molar-refractivity contribution < 1.29 is 0 Å². The highest BCUT2D eigenvalue weighted by Crippen LogP contribution is 2.16. The number of aryl methyl sites for hydroxylation is 1. The molecule has 3 rings (SSSR count). The summed E-state index contributed by atoms with van der Waals surface area (Å²) in [5.41, 5.74) is 0. The molecule has 2 aromatic heterocycles. The second kappa shape index (κ2) is 5.29. The van der Waals surface area contributed by atoms with E-state index < -0.39 is 0 Å². The molecule has 98 valence electrons. The molecule has 6 nitrogen and oxygen atoms in total. The molecule has 18 heavy (non-hydrogen) atoms. The van der Waals surface area contributed by atoms with Crippen LogP contribution in [0.2, 0.25) is 0 Å². The van der Waals surface area contributed by atoms with Gasteiger partial charge in [-0.05, 0) is 19.5 Å². The van der Waals surface area contributed by atoms with Crippen molar-refractivity contribution in [2.45, 2.75) is 26.3 Å². The molecule has 2 aromatic rings. The van der Waals surface area contributed by atoms with Crippen molar-refractivity contribution in [1.29, 1.82) is 0 Å². The fourth-order valence-corrected chi connectivity index (χ4v) is 3.13. The molecule has 0 atom stereocenters. The quantitative estimate of drug-likeness (QED) is 0.879. The third-order valence-electron chi connectivity index (χ3n) is 3.21. The van der Waals surface area contributed by atoms with E-state index in [1.165, 1.54) is 6.42 Å². The molecule has 0 bridgehead atoms. The van der Waals surface area contributed by atoms with Gasteiger partial charge >= 0.3 is 0 Å². The van der Waals surface area contributed by atoms with Gasteiger partial charge in [0.25, 0.3) is 0 Å². The summed E-state index contributed by atoms with van der Waals surface area (Å²) in [6.45, 7) is 7.45. The molecular formula is C11H18N6S. The van der Waals surface area contributed by atoms with Gasteiger partial charge in [-0.25, -0.2) is 0 Å². The van der Waals surface area contributed by atoms with Crippen LogP contribution in [-0.2, 0) is 13.0 Å². The summed E-state index contributed by atoms with van der Waals surface area (Å²) in [5, 5.41) is 17.4.